The predicted molar refractivity (Wildman–Crippen MR) is 74.7 cm³/mol. The SMILES string of the molecule is COCCn1ncc(Br)c1C(NN)c1ccc(Cl)o1. The Morgan fingerprint density at radius 2 is 2.42 bits per heavy atom. The summed E-state index contributed by atoms with van der Waals surface area (Å²) in [6, 6.07) is 3.10. The van der Waals surface area contributed by atoms with Crippen molar-refractivity contribution in [3.63, 3.8) is 0 Å². The number of methoxy groups -OCH3 is 1. The quantitative estimate of drug-likeness (QED) is 0.617. The maximum Gasteiger partial charge on any atom is 0.193 e. The van der Waals surface area contributed by atoms with Gasteiger partial charge in [0.05, 0.1) is 29.5 Å². The van der Waals surface area contributed by atoms with Gasteiger partial charge in [-0.3, -0.25) is 10.5 Å². The van der Waals surface area contributed by atoms with Gasteiger partial charge in [-0.05, 0) is 39.7 Å². The Hall–Kier alpha value is -0.860. The molecule has 0 aliphatic heterocycles. The molecular weight excluding hydrogens is 336 g/mol. The van der Waals surface area contributed by atoms with Gasteiger partial charge in [-0.25, -0.2) is 5.43 Å². The number of hydrogen-bond donors (Lipinski definition) is 2. The van der Waals surface area contributed by atoms with Crippen molar-refractivity contribution in [1.82, 2.24) is 15.2 Å². The van der Waals surface area contributed by atoms with Crippen LogP contribution < -0.4 is 11.3 Å². The van der Waals surface area contributed by atoms with Gasteiger partial charge in [0.15, 0.2) is 5.22 Å². The number of rotatable bonds is 6. The fourth-order valence-corrected chi connectivity index (χ4v) is 2.47. The highest BCUT2D eigenvalue weighted by Crippen LogP contribution is 2.30. The lowest BCUT2D eigenvalue weighted by atomic mass is 10.1. The van der Waals surface area contributed by atoms with Gasteiger partial charge in [0, 0.05) is 7.11 Å². The lowest BCUT2D eigenvalue weighted by molar-refractivity contribution is 0.181. The van der Waals surface area contributed by atoms with Gasteiger partial charge in [0.1, 0.15) is 11.8 Å². The highest BCUT2D eigenvalue weighted by atomic mass is 79.9. The molecule has 0 aliphatic rings. The molecule has 8 heteroatoms. The van der Waals surface area contributed by atoms with Crippen molar-refractivity contribution in [2.24, 2.45) is 5.84 Å². The Morgan fingerprint density at radius 1 is 1.63 bits per heavy atom. The molecular formula is C11H14BrClN4O2. The van der Waals surface area contributed by atoms with Crippen LogP contribution in [0.25, 0.3) is 0 Å². The highest BCUT2D eigenvalue weighted by molar-refractivity contribution is 9.10. The van der Waals surface area contributed by atoms with Crippen molar-refractivity contribution in [1.29, 1.82) is 0 Å². The molecule has 2 heterocycles. The molecule has 0 bridgehead atoms. The van der Waals surface area contributed by atoms with Crippen molar-refractivity contribution in [3.8, 4) is 0 Å². The number of halogens is 2. The van der Waals surface area contributed by atoms with Crippen LogP contribution in [0.1, 0.15) is 17.5 Å². The van der Waals surface area contributed by atoms with E-state index in [1.165, 1.54) is 0 Å². The van der Waals surface area contributed by atoms with E-state index >= 15 is 0 Å². The summed E-state index contributed by atoms with van der Waals surface area (Å²) in [4.78, 5) is 0. The van der Waals surface area contributed by atoms with E-state index < -0.39 is 0 Å². The van der Waals surface area contributed by atoms with Crippen LogP contribution in [0.4, 0.5) is 0 Å². The zero-order chi connectivity index (χ0) is 13.8. The van der Waals surface area contributed by atoms with Crippen molar-refractivity contribution in [3.05, 3.63) is 39.5 Å². The van der Waals surface area contributed by atoms with Crippen LogP contribution in [0.15, 0.2) is 27.2 Å². The number of hydrazine groups is 1. The first-order valence-corrected chi connectivity index (χ1v) is 6.76. The topological polar surface area (TPSA) is 78.2 Å². The average Bonchev–Trinajstić information content (AvgIpc) is 2.97. The van der Waals surface area contributed by atoms with Gasteiger partial charge in [0.25, 0.3) is 0 Å². The summed E-state index contributed by atoms with van der Waals surface area (Å²) >= 11 is 9.26. The summed E-state index contributed by atoms with van der Waals surface area (Å²) < 4.78 is 13.1. The Labute approximate surface area is 123 Å². The fraction of sp³-hybridized carbons (Fsp3) is 0.364. The number of ether oxygens (including phenoxy) is 1. The first-order chi connectivity index (χ1) is 9.17. The lowest BCUT2D eigenvalue weighted by Gasteiger charge is -2.16. The minimum atomic E-state index is -0.346. The molecule has 0 amide bonds. The van der Waals surface area contributed by atoms with Crippen LogP contribution in [-0.2, 0) is 11.3 Å². The maximum absolute atomic E-state index is 5.80. The molecule has 0 aromatic carbocycles. The number of furan rings is 1. The van der Waals surface area contributed by atoms with E-state index in [2.05, 4.69) is 26.5 Å². The smallest absolute Gasteiger partial charge is 0.193 e. The molecule has 6 nitrogen and oxygen atoms in total. The largest absolute Gasteiger partial charge is 0.448 e. The highest BCUT2D eigenvalue weighted by Gasteiger charge is 2.23. The molecule has 3 N–H and O–H groups in total. The van der Waals surface area contributed by atoms with Crippen LogP contribution in [0.5, 0.6) is 0 Å². The number of nitrogens with one attached hydrogen (secondary N) is 1. The first-order valence-electron chi connectivity index (χ1n) is 5.59. The predicted octanol–water partition coefficient (Wildman–Crippen LogP) is 2.09. The number of nitrogens with zero attached hydrogens (tertiary/aromatic N) is 2. The average molecular weight is 350 g/mol. The summed E-state index contributed by atoms with van der Waals surface area (Å²) in [6.45, 7) is 1.17. The van der Waals surface area contributed by atoms with Gasteiger partial charge >= 0.3 is 0 Å². The number of hydrogen-bond acceptors (Lipinski definition) is 5. The third-order valence-electron chi connectivity index (χ3n) is 2.66. The molecule has 0 saturated heterocycles. The Balaban J connectivity index is 2.34. The van der Waals surface area contributed by atoms with Crippen molar-refractivity contribution in [2.75, 3.05) is 13.7 Å². The molecule has 2 aromatic heterocycles. The summed E-state index contributed by atoms with van der Waals surface area (Å²) in [5.41, 5.74) is 3.56. The molecule has 0 radical (unpaired) electrons. The van der Waals surface area contributed by atoms with Crippen LogP contribution in [-0.4, -0.2) is 23.5 Å². The summed E-state index contributed by atoms with van der Waals surface area (Å²) in [5, 5.41) is 4.59. The molecule has 19 heavy (non-hydrogen) atoms. The lowest BCUT2D eigenvalue weighted by Crippen LogP contribution is -2.31. The standard InChI is InChI=1S/C11H14BrClN4O2/c1-18-5-4-17-11(7(12)6-15-17)10(16-14)8-2-3-9(13)19-8/h2-3,6,10,16H,4-5,14H2,1H3. The third-order valence-corrected chi connectivity index (χ3v) is 3.47. The van der Waals surface area contributed by atoms with Crippen LogP contribution in [0.2, 0.25) is 5.22 Å². The third kappa shape index (κ3) is 3.18. The minimum absolute atomic E-state index is 0.314. The van der Waals surface area contributed by atoms with E-state index in [0.717, 1.165) is 10.2 Å². The maximum atomic E-state index is 5.80. The normalized spacial score (nSPS) is 12.8. The van der Waals surface area contributed by atoms with E-state index in [4.69, 9.17) is 26.6 Å². The van der Waals surface area contributed by atoms with Crippen LogP contribution in [0, 0.1) is 0 Å². The van der Waals surface area contributed by atoms with Gasteiger partial charge in [-0.1, -0.05) is 0 Å². The van der Waals surface area contributed by atoms with E-state index in [9.17, 15) is 0 Å². The monoisotopic (exact) mass is 348 g/mol. The second kappa shape index (κ2) is 6.53. The molecule has 104 valence electrons. The molecule has 1 atom stereocenters. The van der Waals surface area contributed by atoms with Crippen molar-refractivity contribution < 1.29 is 9.15 Å². The Bertz CT molecular complexity index is 543. The van der Waals surface area contributed by atoms with Crippen molar-refractivity contribution >= 4 is 27.5 Å². The number of nitrogens with two attached hydrogens (primary N) is 1. The van der Waals surface area contributed by atoms with Gasteiger partial charge < -0.3 is 9.15 Å². The van der Waals surface area contributed by atoms with E-state index in [0.29, 0.717) is 24.1 Å². The molecule has 0 aliphatic carbocycles. The zero-order valence-electron chi connectivity index (χ0n) is 10.3. The zero-order valence-corrected chi connectivity index (χ0v) is 12.6. The summed E-state index contributed by atoms with van der Waals surface area (Å²) in [5.74, 6) is 6.24. The molecule has 2 aromatic rings. The molecule has 1 unspecified atom stereocenters. The molecule has 2 rings (SSSR count). The van der Waals surface area contributed by atoms with E-state index in [-0.39, 0.29) is 6.04 Å². The Morgan fingerprint density at radius 3 is 3.00 bits per heavy atom. The second-order valence-corrected chi connectivity index (χ2v) is 5.06. The van der Waals surface area contributed by atoms with Crippen molar-refractivity contribution in [2.45, 2.75) is 12.6 Å². The van der Waals surface area contributed by atoms with Crippen LogP contribution in [0.3, 0.4) is 0 Å². The molecule has 0 spiro atoms. The van der Waals surface area contributed by atoms with Crippen LogP contribution >= 0.6 is 27.5 Å². The van der Waals surface area contributed by atoms with Gasteiger partial charge in [0.2, 0.25) is 0 Å². The minimum Gasteiger partial charge on any atom is -0.448 e. The fourth-order valence-electron chi connectivity index (χ4n) is 1.79. The first kappa shape index (κ1) is 14.5. The van der Waals surface area contributed by atoms with E-state index in [1.54, 1.807) is 30.1 Å². The molecule has 0 fully saturated rings. The van der Waals surface area contributed by atoms with Gasteiger partial charge in [-0.2, -0.15) is 5.10 Å². The molecule has 0 saturated carbocycles. The Kier molecular flexibility index (Phi) is 5.00. The summed E-state index contributed by atoms with van der Waals surface area (Å²) in [6.07, 6.45) is 1.71. The second-order valence-electron chi connectivity index (χ2n) is 3.84. The van der Waals surface area contributed by atoms with Gasteiger partial charge in [-0.15, -0.1) is 0 Å². The summed E-state index contributed by atoms with van der Waals surface area (Å²) in [7, 11) is 1.64. The number of aromatic nitrogens is 2. The van der Waals surface area contributed by atoms with E-state index in [1.807, 2.05) is 0 Å².